The second-order valence-corrected chi connectivity index (χ2v) is 5.75. The summed E-state index contributed by atoms with van der Waals surface area (Å²) in [5, 5.41) is 4.16. The fourth-order valence-corrected chi connectivity index (χ4v) is 3.43. The molecule has 0 bridgehead atoms. The van der Waals surface area contributed by atoms with Crippen LogP contribution < -0.4 is 0 Å². The Hall–Kier alpha value is -0.930. The Balaban J connectivity index is 2.53. The number of alkyl halides is 2. The molecule has 0 spiro atoms. The zero-order valence-electron chi connectivity index (χ0n) is 10.6. The highest BCUT2D eigenvalue weighted by Crippen LogP contribution is 2.30. The smallest absolute Gasteiger partial charge is 0.0752 e. The zero-order chi connectivity index (χ0) is 13.4. The molecule has 96 valence electrons. The van der Waals surface area contributed by atoms with Crippen LogP contribution >= 0.6 is 31.9 Å². The normalized spacial score (nSPS) is 11.3. The maximum absolute atomic E-state index is 4.92. The lowest BCUT2D eigenvalue weighted by Gasteiger charge is -2.11. The van der Waals surface area contributed by atoms with Gasteiger partial charge < -0.3 is 0 Å². The van der Waals surface area contributed by atoms with Crippen molar-refractivity contribution in [2.75, 3.05) is 0 Å². The molecule has 0 N–H and O–H groups in total. The lowest BCUT2D eigenvalue weighted by Crippen LogP contribution is -1.94. The summed E-state index contributed by atoms with van der Waals surface area (Å²) in [5.74, 6) is 0. The number of fused-ring (bicyclic) bond motifs is 2. The van der Waals surface area contributed by atoms with Crippen molar-refractivity contribution in [3.63, 3.8) is 0 Å². The molecule has 1 heterocycles. The Bertz CT molecular complexity index is 703. The molecule has 0 atom stereocenters. The molecule has 0 aliphatic carbocycles. The Morgan fingerprint density at radius 3 is 1.74 bits per heavy atom. The summed E-state index contributed by atoms with van der Waals surface area (Å²) in [5.41, 5.74) is 6.01. The van der Waals surface area contributed by atoms with Crippen molar-refractivity contribution in [3.8, 4) is 0 Å². The minimum atomic E-state index is 0.832. The van der Waals surface area contributed by atoms with E-state index in [4.69, 9.17) is 4.98 Å². The SMILES string of the molecule is Cc1c2cccc(CBr)c2nc2c(CBr)cccc12. The van der Waals surface area contributed by atoms with Crippen LogP contribution in [0.5, 0.6) is 0 Å². The molecule has 3 aromatic rings. The standard InChI is InChI=1S/C16H13Br2N/c1-10-13-6-2-4-11(8-17)15(13)19-16-12(9-18)5-3-7-14(10)16/h2-7H,8-9H2,1H3. The van der Waals surface area contributed by atoms with Gasteiger partial charge in [0.15, 0.2) is 0 Å². The van der Waals surface area contributed by atoms with E-state index in [1.54, 1.807) is 0 Å². The van der Waals surface area contributed by atoms with Gasteiger partial charge in [-0.15, -0.1) is 0 Å². The Morgan fingerprint density at radius 2 is 1.32 bits per heavy atom. The quantitative estimate of drug-likeness (QED) is 0.424. The topological polar surface area (TPSA) is 12.9 Å². The van der Waals surface area contributed by atoms with E-state index < -0.39 is 0 Å². The molecule has 3 rings (SSSR count). The Morgan fingerprint density at radius 1 is 0.842 bits per heavy atom. The van der Waals surface area contributed by atoms with Gasteiger partial charge in [-0.1, -0.05) is 68.3 Å². The summed E-state index contributed by atoms with van der Waals surface area (Å²) in [6, 6.07) is 12.8. The molecule has 0 aliphatic rings. The van der Waals surface area contributed by atoms with Gasteiger partial charge in [0.2, 0.25) is 0 Å². The first kappa shape index (κ1) is 13.1. The van der Waals surface area contributed by atoms with Gasteiger partial charge in [-0.2, -0.15) is 0 Å². The van der Waals surface area contributed by atoms with Crippen molar-refractivity contribution < 1.29 is 0 Å². The van der Waals surface area contributed by atoms with Crippen molar-refractivity contribution in [2.45, 2.75) is 17.6 Å². The number of aryl methyl sites for hydroxylation is 1. The fourth-order valence-electron chi connectivity index (χ4n) is 2.52. The largest absolute Gasteiger partial charge is 0.247 e. The summed E-state index contributed by atoms with van der Waals surface area (Å²) in [4.78, 5) is 4.92. The molecule has 1 nitrogen and oxygen atoms in total. The predicted octanol–water partition coefficient (Wildman–Crippen LogP) is 5.49. The fraction of sp³-hybridized carbons (Fsp3) is 0.188. The number of aromatic nitrogens is 1. The Kier molecular flexibility index (Phi) is 3.59. The third kappa shape index (κ3) is 2.09. The molecular weight excluding hydrogens is 366 g/mol. The van der Waals surface area contributed by atoms with Gasteiger partial charge in [0.05, 0.1) is 11.0 Å². The highest BCUT2D eigenvalue weighted by molar-refractivity contribution is 9.08. The van der Waals surface area contributed by atoms with E-state index in [1.165, 1.54) is 27.5 Å². The molecule has 3 heteroatoms. The van der Waals surface area contributed by atoms with Gasteiger partial charge in [-0.05, 0) is 23.6 Å². The van der Waals surface area contributed by atoms with E-state index in [0.29, 0.717) is 0 Å². The monoisotopic (exact) mass is 377 g/mol. The molecule has 0 saturated carbocycles. The average molecular weight is 379 g/mol. The number of hydrogen-bond donors (Lipinski definition) is 0. The molecular formula is C16H13Br2N. The minimum absolute atomic E-state index is 0.832. The van der Waals surface area contributed by atoms with Crippen LogP contribution in [-0.4, -0.2) is 4.98 Å². The van der Waals surface area contributed by atoms with E-state index in [-0.39, 0.29) is 0 Å². The molecule has 0 aliphatic heterocycles. The lowest BCUT2D eigenvalue weighted by molar-refractivity contribution is 1.35. The highest BCUT2D eigenvalue weighted by atomic mass is 79.9. The number of nitrogens with zero attached hydrogens (tertiary/aromatic N) is 1. The first-order valence-corrected chi connectivity index (χ1v) is 8.42. The number of para-hydroxylation sites is 2. The summed E-state index contributed by atoms with van der Waals surface area (Å²) >= 11 is 7.11. The van der Waals surface area contributed by atoms with Gasteiger partial charge in [0.25, 0.3) is 0 Å². The third-order valence-electron chi connectivity index (χ3n) is 3.56. The zero-order valence-corrected chi connectivity index (χ0v) is 13.8. The van der Waals surface area contributed by atoms with E-state index in [2.05, 4.69) is 75.2 Å². The first-order chi connectivity index (χ1) is 9.26. The second-order valence-electron chi connectivity index (χ2n) is 4.63. The van der Waals surface area contributed by atoms with Crippen LogP contribution in [-0.2, 0) is 10.7 Å². The third-order valence-corrected chi connectivity index (χ3v) is 4.77. The summed E-state index contributed by atoms with van der Waals surface area (Å²) in [6.07, 6.45) is 0. The van der Waals surface area contributed by atoms with Crippen LogP contribution in [0.15, 0.2) is 36.4 Å². The van der Waals surface area contributed by atoms with Crippen LogP contribution in [0, 0.1) is 6.92 Å². The van der Waals surface area contributed by atoms with Crippen molar-refractivity contribution in [1.82, 2.24) is 4.98 Å². The van der Waals surface area contributed by atoms with Gasteiger partial charge in [0, 0.05) is 21.4 Å². The van der Waals surface area contributed by atoms with Gasteiger partial charge >= 0.3 is 0 Å². The first-order valence-electron chi connectivity index (χ1n) is 6.18. The van der Waals surface area contributed by atoms with Crippen LogP contribution in [0.25, 0.3) is 21.8 Å². The van der Waals surface area contributed by atoms with Crippen LogP contribution in [0.2, 0.25) is 0 Å². The van der Waals surface area contributed by atoms with E-state index >= 15 is 0 Å². The van der Waals surface area contributed by atoms with Crippen LogP contribution in [0.3, 0.4) is 0 Å². The minimum Gasteiger partial charge on any atom is -0.247 e. The maximum atomic E-state index is 4.92. The average Bonchev–Trinajstić information content (AvgIpc) is 2.46. The molecule has 0 unspecified atom stereocenters. The molecule has 0 fully saturated rings. The number of benzene rings is 2. The molecule has 2 aromatic carbocycles. The van der Waals surface area contributed by atoms with Crippen molar-refractivity contribution in [2.24, 2.45) is 0 Å². The molecule has 0 amide bonds. The lowest BCUT2D eigenvalue weighted by atomic mass is 10.00. The van der Waals surface area contributed by atoms with Gasteiger partial charge in [-0.25, -0.2) is 4.98 Å². The molecule has 19 heavy (non-hydrogen) atoms. The summed E-state index contributed by atoms with van der Waals surface area (Å²) in [6.45, 7) is 2.18. The second kappa shape index (κ2) is 5.22. The number of hydrogen-bond acceptors (Lipinski definition) is 1. The highest BCUT2D eigenvalue weighted by Gasteiger charge is 2.10. The van der Waals surface area contributed by atoms with Gasteiger partial charge in [-0.3, -0.25) is 0 Å². The predicted molar refractivity (Wildman–Crippen MR) is 89.2 cm³/mol. The van der Waals surface area contributed by atoms with Crippen molar-refractivity contribution in [1.29, 1.82) is 0 Å². The van der Waals surface area contributed by atoms with Crippen LogP contribution in [0.1, 0.15) is 16.7 Å². The van der Waals surface area contributed by atoms with Crippen molar-refractivity contribution in [3.05, 3.63) is 53.1 Å². The summed E-state index contributed by atoms with van der Waals surface area (Å²) in [7, 11) is 0. The van der Waals surface area contributed by atoms with E-state index in [9.17, 15) is 0 Å². The van der Waals surface area contributed by atoms with Crippen LogP contribution in [0.4, 0.5) is 0 Å². The number of rotatable bonds is 2. The van der Waals surface area contributed by atoms with E-state index in [0.717, 1.165) is 21.7 Å². The molecule has 1 aromatic heterocycles. The van der Waals surface area contributed by atoms with Crippen molar-refractivity contribution >= 4 is 53.7 Å². The number of halogens is 2. The number of pyridine rings is 1. The maximum Gasteiger partial charge on any atom is 0.0752 e. The molecule has 0 radical (unpaired) electrons. The Labute approximate surface area is 129 Å². The molecule has 0 saturated heterocycles. The van der Waals surface area contributed by atoms with E-state index in [1.807, 2.05) is 0 Å². The summed E-state index contributed by atoms with van der Waals surface area (Å²) < 4.78 is 0. The van der Waals surface area contributed by atoms with Gasteiger partial charge in [0.1, 0.15) is 0 Å².